The minimum Gasteiger partial charge on any atom is -0.467 e. The number of nitrogens with zero attached hydrogens (tertiary/aromatic N) is 2. The first-order chi connectivity index (χ1) is 13.1. The Morgan fingerprint density at radius 1 is 1.19 bits per heavy atom. The van der Waals surface area contributed by atoms with E-state index in [-0.39, 0.29) is 5.97 Å². The zero-order valence-electron chi connectivity index (χ0n) is 15.1. The first kappa shape index (κ1) is 16.9. The fourth-order valence-electron chi connectivity index (χ4n) is 3.04. The molecule has 0 saturated carbocycles. The molecule has 0 bridgehead atoms. The summed E-state index contributed by atoms with van der Waals surface area (Å²) >= 11 is 0. The van der Waals surface area contributed by atoms with Gasteiger partial charge in [0, 0.05) is 5.69 Å². The van der Waals surface area contributed by atoms with Gasteiger partial charge in [0.2, 0.25) is 5.95 Å². The van der Waals surface area contributed by atoms with Crippen molar-refractivity contribution < 1.29 is 13.9 Å². The molecular weight excluding hydrogens is 342 g/mol. The molecule has 0 atom stereocenters. The molecule has 2 heterocycles. The fourth-order valence-corrected chi connectivity index (χ4v) is 3.04. The molecule has 0 saturated heterocycles. The number of benzene rings is 2. The molecule has 136 valence electrons. The summed E-state index contributed by atoms with van der Waals surface area (Å²) < 4.78 is 12.3. The minimum absolute atomic E-state index is 0.384. The van der Waals surface area contributed by atoms with Crippen LogP contribution in [0.5, 0.6) is 0 Å². The second-order valence-corrected chi connectivity index (χ2v) is 6.29. The van der Waals surface area contributed by atoms with Crippen LogP contribution in [0.1, 0.15) is 21.7 Å². The molecule has 0 aliphatic carbocycles. The van der Waals surface area contributed by atoms with E-state index >= 15 is 0 Å². The van der Waals surface area contributed by atoms with Crippen molar-refractivity contribution in [3.8, 4) is 0 Å². The van der Waals surface area contributed by atoms with Gasteiger partial charge in [-0.3, -0.25) is 0 Å². The maximum atomic E-state index is 11.8. The number of furan rings is 1. The summed E-state index contributed by atoms with van der Waals surface area (Å²) in [6.07, 6.45) is 1.65. The van der Waals surface area contributed by atoms with Crippen molar-refractivity contribution in [3.63, 3.8) is 0 Å². The van der Waals surface area contributed by atoms with Gasteiger partial charge in [0.25, 0.3) is 0 Å². The lowest BCUT2D eigenvalue weighted by atomic mass is 10.2. The number of carbonyl (C=O) groups is 1. The molecule has 0 spiro atoms. The molecule has 0 amide bonds. The summed E-state index contributed by atoms with van der Waals surface area (Å²) in [6.45, 7) is 2.56. The zero-order valence-corrected chi connectivity index (χ0v) is 15.1. The highest BCUT2D eigenvalue weighted by Crippen LogP contribution is 2.26. The van der Waals surface area contributed by atoms with Crippen molar-refractivity contribution in [2.75, 3.05) is 12.4 Å². The molecule has 2 aromatic carbocycles. The van der Waals surface area contributed by atoms with E-state index in [1.165, 1.54) is 7.11 Å². The summed E-state index contributed by atoms with van der Waals surface area (Å²) in [6, 6.07) is 17.2. The van der Waals surface area contributed by atoms with Crippen LogP contribution in [0, 0.1) is 6.92 Å². The average Bonchev–Trinajstić information content (AvgIpc) is 3.29. The zero-order chi connectivity index (χ0) is 18.8. The molecule has 4 rings (SSSR count). The van der Waals surface area contributed by atoms with E-state index in [0.29, 0.717) is 23.6 Å². The predicted octanol–water partition coefficient (Wildman–Crippen LogP) is 4.52. The van der Waals surface area contributed by atoms with Crippen molar-refractivity contribution in [2.24, 2.45) is 0 Å². The molecule has 6 nitrogen and oxygen atoms in total. The molecule has 2 aromatic heterocycles. The lowest BCUT2D eigenvalue weighted by Crippen LogP contribution is -2.05. The summed E-state index contributed by atoms with van der Waals surface area (Å²) in [5, 5.41) is 3.37. The normalized spacial score (nSPS) is 10.9. The van der Waals surface area contributed by atoms with Gasteiger partial charge in [-0.1, -0.05) is 12.1 Å². The van der Waals surface area contributed by atoms with E-state index in [9.17, 15) is 4.79 Å². The van der Waals surface area contributed by atoms with Crippen molar-refractivity contribution >= 4 is 28.6 Å². The molecule has 27 heavy (non-hydrogen) atoms. The van der Waals surface area contributed by atoms with Gasteiger partial charge < -0.3 is 19.0 Å². The Morgan fingerprint density at radius 2 is 2.07 bits per heavy atom. The summed E-state index contributed by atoms with van der Waals surface area (Å²) in [5.41, 5.74) is 4.17. The monoisotopic (exact) mass is 361 g/mol. The van der Waals surface area contributed by atoms with Gasteiger partial charge in [0.1, 0.15) is 5.76 Å². The highest BCUT2D eigenvalue weighted by atomic mass is 16.5. The number of aromatic nitrogens is 2. The Kier molecular flexibility index (Phi) is 4.38. The lowest BCUT2D eigenvalue weighted by molar-refractivity contribution is 0.0601. The molecule has 0 aliphatic heterocycles. The van der Waals surface area contributed by atoms with Crippen LogP contribution in [0.3, 0.4) is 0 Å². The van der Waals surface area contributed by atoms with E-state index in [2.05, 4.69) is 11.4 Å². The van der Waals surface area contributed by atoms with Gasteiger partial charge in [-0.05, 0) is 55.0 Å². The number of methoxy groups -OCH3 is 1. The summed E-state index contributed by atoms with van der Waals surface area (Å²) in [5.74, 6) is 1.11. The number of esters is 1. The number of carbonyl (C=O) groups excluding carboxylic acids is 1. The van der Waals surface area contributed by atoms with Gasteiger partial charge in [-0.2, -0.15) is 0 Å². The van der Waals surface area contributed by atoms with Gasteiger partial charge in [-0.15, -0.1) is 0 Å². The van der Waals surface area contributed by atoms with Crippen LogP contribution in [0.4, 0.5) is 11.6 Å². The van der Waals surface area contributed by atoms with E-state index in [1.54, 1.807) is 18.4 Å². The maximum Gasteiger partial charge on any atom is 0.337 e. The lowest BCUT2D eigenvalue weighted by Gasteiger charge is -2.10. The van der Waals surface area contributed by atoms with Crippen molar-refractivity contribution in [2.45, 2.75) is 13.5 Å². The third-order valence-corrected chi connectivity index (χ3v) is 4.34. The summed E-state index contributed by atoms with van der Waals surface area (Å²) in [4.78, 5) is 16.5. The minimum atomic E-state index is -0.384. The molecule has 0 fully saturated rings. The van der Waals surface area contributed by atoms with Gasteiger partial charge in [0.05, 0.1) is 36.5 Å². The molecule has 6 heteroatoms. The number of aryl methyl sites for hydroxylation is 1. The van der Waals surface area contributed by atoms with E-state index < -0.39 is 0 Å². The second kappa shape index (κ2) is 6.99. The second-order valence-electron chi connectivity index (χ2n) is 6.29. The molecular formula is C21H19N3O3. The van der Waals surface area contributed by atoms with Crippen LogP contribution < -0.4 is 5.32 Å². The average molecular weight is 361 g/mol. The van der Waals surface area contributed by atoms with Crippen molar-refractivity contribution in [1.29, 1.82) is 0 Å². The molecule has 0 aliphatic rings. The van der Waals surface area contributed by atoms with Crippen LogP contribution in [0.2, 0.25) is 0 Å². The van der Waals surface area contributed by atoms with Crippen LogP contribution in [0.15, 0.2) is 65.3 Å². The Balaban J connectivity index is 1.80. The number of imidazole rings is 1. The first-order valence-corrected chi connectivity index (χ1v) is 8.59. The van der Waals surface area contributed by atoms with E-state index in [1.807, 2.05) is 47.9 Å². The first-order valence-electron chi connectivity index (χ1n) is 8.59. The number of nitrogens with one attached hydrogen (secondary N) is 1. The molecule has 0 radical (unpaired) electrons. The number of fused-ring (bicyclic) bond motifs is 1. The Labute approximate surface area is 156 Å². The number of anilines is 2. The number of ether oxygens (including phenoxy) is 1. The highest BCUT2D eigenvalue weighted by molar-refractivity contribution is 5.94. The largest absolute Gasteiger partial charge is 0.467 e. The van der Waals surface area contributed by atoms with Crippen LogP contribution >= 0.6 is 0 Å². The Hall–Kier alpha value is -3.54. The van der Waals surface area contributed by atoms with Crippen LogP contribution in [-0.2, 0) is 11.3 Å². The van der Waals surface area contributed by atoms with Gasteiger partial charge in [-0.25, -0.2) is 9.78 Å². The van der Waals surface area contributed by atoms with E-state index in [4.69, 9.17) is 14.1 Å². The highest BCUT2D eigenvalue weighted by Gasteiger charge is 2.15. The van der Waals surface area contributed by atoms with Gasteiger partial charge >= 0.3 is 5.97 Å². The van der Waals surface area contributed by atoms with Crippen molar-refractivity contribution in [1.82, 2.24) is 9.55 Å². The Bertz CT molecular complexity index is 1100. The van der Waals surface area contributed by atoms with Crippen molar-refractivity contribution in [3.05, 3.63) is 77.7 Å². The third-order valence-electron chi connectivity index (χ3n) is 4.34. The van der Waals surface area contributed by atoms with Gasteiger partial charge in [0.15, 0.2) is 0 Å². The number of rotatable bonds is 5. The maximum absolute atomic E-state index is 11.8. The summed E-state index contributed by atoms with van der Waals surface area (Å²) in [7, 11) is 1.37. The number of hydrogen-bond acceptors (Lipinski definition) is 5. The van der Waals surface area contributed by atoms with E-state index in [0.717, 1.165) is 22.5 Å². The van der Waals surface area contributed by atoms with Crippen LogP contribution in [-0.4, -0.2) is 22.6 Å². The smallest absolute Gasteiger partial charge is 0.337 e. The third kappa shape index (κ3) is 3.42. The SMILES string of the molecule is COC(=O)c1ccc2c(c1)nc(Nc1cccc(C)c1)n2Cc1ccco1. The standard InChI is InChI=1S/C21H19N3O3/c1-14-5-3-6-16(11-14)22-21-23-18-12-15(20(25)26-2)8-9-19(18)24(21)13-17-7-4-10-27-17/h3-12H,13H2,1-2H3,(H,22,23). The van der Waals surface area contributed by atoms with Crippen LogP contribution in [0.25, 0.3) is 11.0 Å². The topological polar surface area (TPSA) is 69.3 Å². The molecule has 1 N–H and O–H groups in total. The quantitative estimate of drug-likeness (QED) is 0.530. The fraction of sp³-hybridized carbons (Fsp3) is 0.143. The molecule has 0 unspecified atom stereocenters. The Morgan fingerprint density at radius 3 is 2.81 bits per heavy atom. The predicted molar refractivity (Wildman–Crippen MR) is 103 cm³/mol. The molecule has 4 aromatic rings. The number of hydrogen-bond donors (Lipinski definition) is 1.